The van der Waals surface area contributed by atoms with Crippen LogP contribution in [-0.2, 0) is 13.0 Å². The zero-order valence-corrected chi connectivity index (χ0v) is 11.4. The van der Waals surface area contributed by atoms with Crippen LogP contribution in [0.4, 0.5) is 0 Å². The zero-order valence-electron chi connectivity index (χ0n) is 10.7. The highest BCUT2D eigenvalue weighted by Gasteiger charge is 2.12. The SMILES string of the molecule is CC(C)Cn1ncnc1CCC(Cl)C(C)C. The van der Waals surface area contributed by atoms with Gasteiger partial charge in [-0.2, -0.15) is 5.10 Å². The molecule has 3 nitrogen and oxygen atoms in total. The molecular weight excluding hydrogens is 222 g/mol. The molecule has 0 aliphatic carbocycles. The first-order chi connectivity index (χ1) is 7.50. The Morgan fingerprint density at radius 2 is 2.00 bits per heavy atom. The van der Waals surface area contributed by atoms with Crippen molar-refractivity contribution < 1.29 is 0 Å². The largest absolute Gasteiger partial charge is 0.250 e. The molecule has 0 radical (unpaired) electrons. The summed E-state index contributed by atoms with van der Waals surface area (Å²) in [5.74, 6) is 2.17. The predicted molar refractivity (Wildman–Crippen MR) is 67.7 cm³/mol. The third-order valence-corrected chi connectivity index (χ3v) is 3.32. The van der Waals surface area contributed by atoms with Gasteiger partial charge in [-0.1, -0.05) is 27.7 Å². The maximum absolute atomic E-state index is 6.23. The van der Waals surface area contributed by atoms with Crippen molar-refractivity contribution in [2.75, 3.05) is 0 Å². The molecule has 0 aromatic carbocycles. The fourth-order valence-corrected chi connectivity index (χ4v) is 1.69. The molecule has 0 N–H and O–H groups in total. The smallest absolute Gasteiger partial charge is 0.138 e. The second-order valence-corrected chi connectivity index (χ2v) is 5.61. The Labute approximate surface area is 103 Å². The van der Waals surface area contributed by atoms with Crippen molar-refractivity contribution >= 4 is 11.6 Å². The monoisotopic (exact) mass is 243 g/mol. The van der Waals surface area contributed by atoms with Gasteiger partial charge in [0, 0.05) is 18.3 Å². The molecule has 1 aromatic rings. The second-order valence-electron chi connectivity index (χ2n) is 5.05. The molecule has 92 valence electrons. The van der Waals surface area contributed by atoms with Gasteiger partial charge in [0.25, 0.3) is 0 Å². The number of aryl methyl sites for hydroxylation is 1. The Bertz CT molecular complexity index is 307. The molecule has 0 saturated carbocycles. The average Bonchev–Trinajstić information content (AvgIpc) is 2.60. The summed E-state index contributed by atoms with van der Waals surface area (Å²) in [6.45, 7) is 9.60. The zero-order chi connectivity index (χ0) is 12.1. The van der Waals surface area contributed by atoms with E-state index < -0.39 is 0 Å². The Morgan fingerprint density at radius 3 is 2.56 bits per heavy atom. The summed E-state index contributed by atoms with van der Waals surface area (Å²) in [7, 11) is 0. The summed E-state index contributed by atoms with van der Waals surface area (Å²) in [6, 6.07) is 0. The summed E-state index contributed by atoms with van der Waals surface area (Å²) >= 11 is 6.23. The van der Waals surface area contributed by atoms with Crippen molar-refractivity contribution in [3.63, 3.8) is 0 Å². The molecule has 1 atom stereocenters. The summed E-state index contributed by atoms with van der Waals surface area (Å²) < 4.78 is 1.99. The van der Waals surface area contributed by atoms with Crippen molar-refractivity contribution in [1.82, 2.24) is 14.8 Å². The van der Waals surface area contributed by atoms with Gasteiger partial charge in [-0.15, -0.1) is 11.6 Å². The first kappa shape index (κ1) is 13.5. The lowest BCUT2D eigenvalue weighted by atomic mass is 10.1. The van der Waals surface area contributed by atoms with Crippen LogP contribution in [-0.4, -0.2) is 20.1 Å². The van der Waals surface area contributed by atoms with Crippen LogP contribution < -0.4 is 0 Å². The molecule has 0 spiro atoms. The number of nitrogens with zero attached hydrogens (tertiary/aromatic N) is 3. The van der Waals surface area contributed by atoms with Gasteiger partial charge in [-0.3, -0.25) is 0 Å². The Morgan fingerprint density at radius 1 is 1.31 bits per heavy atom. The standard InChI is InChI=1S/C12H22ClN3/c1-9(2)7-16-12(14-8-15-16)6-5-11(13)10(3)4/h8-11H,5-7H2,1-4H3. The molecule has 0 saturated heterocycles. The molecule has 1 heterocycles. The van der Waals surface area contributed by atoms with Crippen LogP contribution in [0.3, 0.4) is 0 Å². The van der Waals surface area contributed by atoms with Crippen LogP contribution >= 0.6 is 11.6 Å². The summed E-state index contributed by atoms with van der Waals surface area (Å²) in [4.78, 5) is 4.29. The van der Waals surface area contributed by atoms with Gasteiger partial charge in [0.15, 0.2) is 0 Å². The molecular formula is C12H22ClN3. The quantitative estimate of drug-likeness (QED) is 0.719. The van der Waals surface area contributed by atoms with E-state index in [9.17, 15) is 0 Å². The van der Waals surface area contributed by atoms with Gasteiger partial charge in [0.05, 0.1) is 0 Å². The van der Waals surface area contributed by atoms with E-state index in [0.717, 1.165) is 25.2 Å². The van der Waals surface area contributed by atoms with Crippen LogP contribution in [0, 0.1) is 11.8 Å². The number of alkyl halides is 1. The Kier molecular flexibility index (Phi) is 5.26. The molecule has 0 bridgehead atoms. The van der Waals surface area contributed by atoms with Crippen molar-refractivity contribution in [3.05, 3.63) is 12.2 Å². The summed E-state index contributed by atoms with van der Waals surface area (Å²) in [5.41, 5.74) is 0. The molecule has 0 aliphatic rings. The van der Waals surface area contributed by atoms with Gasteiger partial charge in [-0.05, 0) is 18.3 Å². The van der Waals surface area contributed by atoms with Crippen molar-refractivity contribution in [1.29, 1.82) is 0 Å². The molecule has 1 unspecified atom stereocenters. The minimum absolute atomic E-state index is 0.226. The number of halogens is 1. The van der Waals surface area contributed by atoms with Gasteiger partial charge in [-0.25, -0.2) is 9.67 Å². The molecule has 0 amide bonds. The lowest BCUT2D eigenvalue weighted by Gasteiger charge is -2.13. The summed E-state index contributed by atoms with van der Waals surface area (Å²) in [5, 5.41) is 4.47. The lowest BCUT2D eigenvalue weighted by Crippen LogP contribution is -2.14. The van der Waals surface area contributed by atoms with Crippen LogP contribution in [0.2, 0.25) is 0 Å². The van der Waals surface area contributed by atoms with Crippen molar-refractivity contribution in [2.45, 2.75) is 52.5 Å². The highest BCUT2D eigenvalue weighted by molar-refractivity contribution is 6.20. The van der Waals surface area contributed by atoms with E-state index in [-0.39, 0.29) is 5.38 Å². The Balaban J connectivity index is 2.50. The van der Waals surface area contributed by atoms with Crippen LogP contribution in [0.1, 0.15) is 39.9 Å². The highest BCUT2D eigenvalue weighted by Crippen LogP contribution is 2.16. The predicted octanol–water partition coefficient (Wildman–Crippen LogP) is 3.13. The van der Waals surface area contributed by atoms with E-state index in [1.165, 1.54) is 0 Å². The third-order valence-electron chi connectivity index (χ3n) is 2.60. The van der Waals surface area contributed by atoms with E-state index in [1.54, 1.807) is 6.33 Å². The van der Waals surface area contributed by atoms with E-state index >= 15 is 0 Å². The van der Waals surface area contributed by atoms with Gasteiger partial charge in [0.1, 0.15) is 12.2 Å². The topological polar surface area (TPSA) is 30.7 Å². The highest BCUT2D eigenvalue weighted by atomic mass is 35.5. The van der Waals surface area contributed by atoms with Gasteiger partial charge < -0.3 is 0 Å². The first-order valence-electron chi connectivity index (χ1n) is 6.01. The van der Waals surface area contributed by atoms with Crippen molar-refractivity contribution in [2.24, 2.45) is 11.8 Å². The van der Waals surface area contributed by atoms with Crippen LogP contribution in [0.25, 0.3) is 0 Å². The fraction of sp³-hybridized carbons (Fsp3) is 0.833. The van der Waals surface area contributed by atoms with E-state index in [0.29, 0.717) is 11.8 Å². The fourth-order valence-electron chi connectivity index (χ4n) is 1.58. The maximum Gasteiger partial charge on any atom is 0.138 e. The number of rotatable bonds is 6. The molecule has 1 aromatic heterocycles. The molecule has 1 rings (SSSR count). The normalized spacial score (nSPS) is 13.7. The maximum atomic E-state index is 6.23. The third kappa shape index (κ3) is 4.12. The van der Waals surface area contributed by atoms with Crippen molar-refractivity contribution in [3.8, 4) is 0 Å². The van der Waals surface area contributed by atoms with E-state index in [2.05, 4.69) is 37.8 Å². The summed E-state index contributed by atoms with van der Waals surface area (Å²) in [6.07, 6.45) is 3.52. The molecule has 4 heteroatoms. The number of aromatic nitrogens is 3. The van der Waals surface area contributed by atoms with E-state index in [1.807, 2.05) is 4.68 Å². The number of hydrogen-bond donors (Lipinski definition) is 0. The Hall–Kier alpha value is -0.570. The van der Waals surface area contributed by atoms with Crippen LogP contribution in [0.5, 0.6) is 0 Å². The van der Waals surface area contributed by atoms with Crippen LogP contribution in [0.15, 0.2) is 6.33 Å². The molecule has 16 heavy (non-hydrogen) atoms. The number of hydrogen-bond acceptors (Lipinski definition) is 2. The minimum atomic E-state index is 0.226. The van der Waals surface area contributed by atoms with Gasteiger partial charge >= 0.3 is 0 Å². The molecule has 0 fully saturated rings. The second kappa shape index (κ2) is 6.24. The van der Waals surface area contributed by atoms with E-state index in [4.69, 9.17) is 11.6 Å². The average molecular weight is 244 g/mol. The lowest BCUT2D eigenvalue weighted by molar-refractivity contribution is 0.458. The first-order valence-corrected chi connectivity index (χ1v) is 6.45. The minimum Gasteiger partial charge on any atom is -0.250 e. The molecule has 0 aliphatic heterocycles. The van der Waals surface area contributed by atoms with Gasteiger partial charge in [0.2, 0.25) is 0 Å².